The second-order valence-corrected chi connectivity index (χ2v) is 6.02. The zero-order chi connectivity index (χ0) is 18.1. The highest BCUT2D eigenvalue weighted by atomic mass is 16.5. The molecule has 0 bridgehead atoms. The summed E-state index contributed by atoms with van der Waals surface area (Å²) >= 11 is 0. The Kier molecular flexibility index (Phi) is 7.15. The van der Waals surface area contributed by atoms with Gasteiger partial charge in [0.15, 0.2) is 11.5 Å². The van der Waals surface area contributed by atoms with Crippen molar-refractivity contribution in [1.29, 1.82) is 5.26 Å². The van der Waals surface area contributed by atoms with E-state index >= 15 is 0 Å². The summed E-state index contributed by atoms with van der Waals surface area (Å²) in [6.45, 7) is 0.609. The lowest BCUT2D eigenvalue weighted by atomic mass is 10.1. The van der Waals surface area contributed by atoms with E-state index in [0.29, 0.717) is 18.0 Å². The topological polar surface area (TPSA) is 83.4 Å². The third-order valence-corrected chi connectivity index (χ3v) is 4.31. The molecule has 0 unspecified atom stereocenters. The van der Waals surface area contributed by atoms with Crippen LogP contribution in [0.5, 0.6) is 11.5 Å². The van der Waals surface area contributed by atoms with E-state index in [1.165, 1.54) is 6.20 Å². The van der Waals surface area contributed by atoms with E-state index < -0.39 is 0 Å². The molecule has 1 saturated carbocycles. The molecule has 1 fully saturated rings. The number of hydrogen-bond donors (Lipinski definition) is 2. The Morgan fingerprint density at radius 1 is 1.28 bits per heavy atom. The Bertz CT molecular complexity index is 658. The predicted octanol–water partition coefficient (Wildman–Crippen LogP) is 2.30. The molecule has 6 heteroatoms. The van der Waals surface area contributed by atoms with Crippen LogP contribution in [0.4, 0.5) is 0 Å². The first kappa shape index (κ1) is 18.7. The summed E-state index contributed by atoms with van der Waals surface area (Å²) in [6, 6.07) is 7.91. The van der Waals surface area contributed by atoms with Crippen LogP contribution in [0, 0.1) is 11.3 Å². The van der Waals surface area contributed by atoms with Crippen molar-refractivity contribution in [3.05, 3.63) is 35.5 Å². The van der Waals surface area contributed by atoms with Crippen LogP contribution in [-0.2, 0) is 11.2 Å². The van der Waals surface area contributed by atoms with Gasteiger partial charge in [-0.15, -0.1) is 0 Å². The van der Waals surface area contributed by atoms with Gasteiger partial charge >= 0.3 is 0 Å². The third kappa shape index (κ3) is 5.42. The highest BCUT2D eigenvalue weighted by molar-refractivity contribution is 5.97. The number of ether oxygens (including phenoxy) is 2. The first-order valence-corrected chi connectivity index (χ1v) is 8.53. The lowest BCUT2D eigenvalue weighted by molar-refractivity contribution is -0.117. The Morgan fingerprint density at radius 2 is 2.00 bits per heavy atom. The minimum Gasteiger partial charge on any atom is -0.493 e. The standard InChI is InChI=1S/C19H25N3O3/c1-24-17-8-7-14(11-18(17)25-2)9-10-21-13-15(12-20)19(23)22-16-5-3-4-6-16/h7-8,11,13,16,21H,3-6,9-10H2,1-2H3,(H,22,23)/b15-13-. The molecule has 6 nitrogen and oxygen atoms in total. The van der Waals surface area contributed by atoms with E-state index in [1.54, 1.807) is 14.2 Å². The van der Waals surface area contributed by atoms with Crippen LogP contribution in [-0.4, -0.2) is 32.7 Å². The zero-order valence-electron chi connectivity index (χ0n) is 14.8. The number of carbonyl (C=O) groups is 1. The van der Waals surface area contributed by atoms with Crippen molar-refractivity contribution in [2.45, 2.75) is 38.1 Å². The Labute approximate surface area is 148 Å². The number of nitrogens with one attached hydrogen (secondary N) is 2. The summed E-state index contributed by atoms with van der Waals surface area (Å²) in [4.78, 5) is 12.1. The van der Waals surface area contributed by atoms with Gasteiger partial charge in [-0.1, -0.05) is 18.9 Å². The molecule has 2 rings (SSSR count). The van der Waals surface area contributed by atoms with Crippen LogP contribution in [0.3, 0.4) is 0 Å². The quantitative estimate of drug-likeness (QED) is 0.430. The van der Waals surface area contributed by atoms with Crippen molar-refractivity contribution in [2.24, 2.45) is 0 Å². The number of carbonyl (C=O) groups excluding carboxylic acids is 1. The summed E-state index contributed by atoms with van der Waals surface area (Å²) < 4.78 is 10.5. The highest BCUT2D eigenvalue weighted by Crippen LogP contribution is 2.27. The second kappa shape index (κ2) is 9.58. The molecule has 25 heavy (non-hydrogen) atoms. The molecule has 0 radical (unpaired) electrons. The van der Waals surface area contributed by atoms with Crippen molar-refractivity contribution in [1.82, 2.24) is 10.6 Å². The molecule has 0 atom stereocenters. The molecule has 2 N–H and O–H groups in total. The summed E-state index contributed by atoms with van der Waals surface area (Å²) in [5.41, 5.74) is 1.19. The summed E-state index contributed by atoms with van der Waals surface area (Å²) in [7, 11) is 3.20. The van der Waals surface area contributed by atoms with Gasteiger partial charge in [0.1, 0.15) is 11.6 Å². The van der Waals surface area contributed by atoms with Gasteiger partial charge in [-0.2, -0.15) is 5.26 Å². The van der Waals surface area contributed by atoms with Crippen LogP contribution in [0.15, 0.2) is 30.0 Å². The predicted molar refractivity (Wildman–Crippen MR) is 95.3 cm³/mol. The van der Waals surface area contributed by atoms with E-state index in [1.807, 2.05) is 24.3 Å². The van der Waals surface area contributed by atoms with Gasteiger partial charge in [-0.3, -0.25) is 4.79 Å². The SMILES string of the molecule is COc1ccc(CCN/C=C(/C#N)C(=O)NC2CCCC2)cc1OC. The second-order valence-electron chi connectivity index (χ2n) is 6.02. The Morgan fingerprint density at radius 3 is 2.64 bits per heavy atom. The summed E-state index contributed by atoms with van der Waals surface area (Å²) in [5.74, 6) is 1.08. The minimum atomic E-state index is -0.298. The number of methoxy groups -OCH3 is 2. The molecule has 1 aromatic rings. The van der Waals surface area contributed by atoms with Crippen LogP contribution in [0.1, 0.15) is 31.2 Å². The average Bonchev–Trinajstić information content (AvgIpc) is 3.14. The van der Waals surface area contributed by atoms with Crippen molar-refractivity contribution < 1.29 is 14.3 Å². The molecule has 0 aromatic heterocycles. The monoisotopic (exact) mass is 343 g/mol. The fourth-order valence-electron chi connectivity index (χ4n) is 2.91. The molecule has 0 heterocycles. The maximum atomic E-state index is 12.1. The fraction of sp³-hybridized carbons (Fsp3) is 0.474. The van der Waals surface area contributed by atoms with Crippen molar-refractivity contribution >= 4 is 5.91 Å². The van der Waals surface area contributed by atoms with Crippen molar-refractivity contribution in [2.75, 3.05) is 20.8 Å². The molecule has 0 aliphatic heterocycles. The number of amides is 1. The van der Waals surface area contributed by atoms with Crippen LogP contribution in [0.2, 0.25) is 0 Å². The van der Waals surface area contributed by atoms with Crippen molar-refractivity contribution in [3.8, 4) is 17.6 Å². The highest BCUT2D eigenvalue weighted by Gasteiger charge is 2.19. The number of nitriles is 1. The summed E-state index contributed by atoms with van der Waals surface area (Å²) in [5, 5.41) is 15.1. The van der Waals surface area contributed by atoms with E-state index in [0.717, 1.165) is 37.7 Å². The van der Waals surface area contributed by atoms with Crippen LogP contribution < -0.4 is 20.1 Å². The zero-order valence-corrected chi connectivity index (χ0v) is 14.8. The Hall–Kier alpha value is -2.68. The average molecular weight is 343 g/mol. The minimum absolute atomic E-state index is 0.110. The van der Waals surface area contributed by atoms with Gasteiger partial charge < -0.3 is 20.1 Å². The van der Waals surface area contributed by atoms with E-state index in [-0.39, 0.29) is 17.5 Å². The number of nitrogens with zero attached hydrogens (tertiary/aromatic N) is 1. The molecule has 1 aliphatic carbocycles. The van der Waals surface area contributed by atoms with Gasteiger partial charge in [0.05, 0.1) is 14.2 Å². The van der Waals surface area contributed by atoms with E-state index in [9.17, 15) is 4.79 Å². The van der Waals surface area contributed by atoms with Gasteiger partial charge in [-0.05, 0) is 37.0 Å². The first-order chi connectivity index (χ1) is 12.2. The molecule has 1 aliphatic rings. The van der Waals surface area contributed by atoms with Gasteiger partial charge in [0.2, 0.25) is 0 Å². The van der Waals surface area contributed by atoms with Crippen LogP contribution in [0.25, 0.3) is 0 Å². The molecule has 0 spiro atoms. The molecular formula is C19H25N3O3. The van der Waals surface area contributed by atoms with E-state index in [4.69, 9.17) is 14.7 Å². The molecule has 134 valence electrons. The molecule has 1 aromatic carbocycles. The largest absolute Gasteiger partial charge is 0.493 e. The first-order valence-electron chi connectivity index (χ1n) is 8.53. The maximum absolute atomic E-state index is 12.1. The Balaban J connectivity index is 1.84. The number of benzene rings is 1. The molecular weight excluding hydrogens is 318 g/mol. The maximum Gasteiger partial charge on any atom is 0.263 e. The van der Waals surface area contributed by atoms with Crippen molar-refractivity contribution in [3.63, 3.8) is 0 Å². The van der Waals surface area contributed by atoms with Gasteiger partial charge in [0.25, 0.3) is 5.91 Å². The lowest BCUT2D eigenvalue weighted by Crippen LogP contribution is -2.34. The number of rotatable bonds is 8. The van der Waals surface area contributed by atoms with Crippen LogP contribution >= 0.6 is 0 Å². The molecule has 0 saturated heterocycles. The lowest BCUT2D eigenvalue weighted by Gasteiger charge is -2.11. The van der Waals surface area contributed by atoms with Gasteiger partial charge in [-0.25, -0.2) is 0 Å². The normalized spacial score (nSPS) is 14.7. The van der Waals surface area contributed by atoms with Gasteiger partial charge in [0, 0.05) is 18.8 Å². The number of hydrogen-bond acceptors (Lipinski definition) is 5. The molecule has 1 amide bonds. The van der Waals surface area contributed by atoms with E-state index in [2.05, 4.69) is 10.6 Å². The fourth-order valence-corrected chi connectivity index (χ4v) is 2.91. The smallest absolute Gasteiger partial charge is 0.263 e. The summed E-state index contributed by atoms with van der Waals surface area (Å²) in [6.07, 6.45) is 6.50. The third-order valence-electron chi connectivity index (χ3n) is 4.31.